The Bertz CT molecular complexity index is 1390. The molecule has 0 unspecified atom stereocenters. The van der Waals surface area contributed by atoms with Gasteiger partial charge in [0.05, 0.1) is 6.54 Å². The minimum atomic E-state index is -4.79. The lowest BCUT2D eigenvalue weighted by Crippen LogP contribution is -2.60. The maximum Gasteiger partial charge on any atom is 0.451 e. The van der Waals surface area contributed by atoms with Gasteiger partial charge in [-0.2, -0.15) is 13.2 Å². The first kappa shape index (κ1) is 32.1. The maximum atomic E-state index is 14.4. The zero-order chi connectivity index (χ0) is 31.8. The second-order valence-corrected chi connectivity index (χ2v) is 9.97. The number of alkyl halides is 3. The zero-order valence-electron chi connectivity index (χ0n) is 21.7. The Balaban J connectivity index is 1.50. The van der Waals surface area contributed by atoms with Crippen molar-refractivity contribution >= 4 is 17.8 Å². The van der Waals surface area contributed by atoms with Crippen LogP contribution in [0, 0.1) is 23.4 Å². The number of ether oxygens (including phenoxy) is 2. The van der Waals surface area contributed by atoms with E-state index in [9.17, 15) is 56.0 Å². The summed E-state index contributed by atoms with van der Waals surface area (Å²) in [4.78, 5) is 38.3. The van der Waals surface area contributed by atoms with Crippen LogP contribution < -0.4 is 0 Å². The molecule has 1 saturated heterocycles. The highest BCUT2D eigenvalue weighted by atomic mass is 19.4. The molecule has 3 heterocycles. The molecule has 236 valence electrons. The van der Waals surface area contributed by atoms with Crippen LogP contribution in [0.15, 0.2) is 12.1 Å². The van der Waals surface area contributed by atoms with Crippen LogP contribution in [-0.2, 0) is 49.5 Å². The van der Waals surface area contributed by atoms with Gasteiger partial charge in [0.15, 0.2) is 23.6 Å². The zero-order valence-corrected chi connectivity index (χ0v) is 21.7. The molecular formula is C24H24F6N4O9. The Kier molecular flexibility index (Phi) is 9.28. The Morgan fingerprint density at radius 3 is 2.30 bits per heavy atom. The molecule has 43 heavy (non-hydrogen) atoms. The van der Waals surface area contributed by atoms with Gasteiger partial charge >= 0.3 is 18.1 Å². The van der Waals surface area contributed by atoms with Crippen molar-refractivity contribution in [3.8, 4) is 0 Å². The van der Waals surface area contributed by atoms with Gasteiger partial charge in [0, 0.05) is 32.0 Å². The molecule has 2 aliphatic rings. The van der Waals surface area contributed by atoms with Gasteiger partial charge in [-0.05, 0) is 24.0 Å². The molecule has 4 N–H and O–H groups in total. The van der Waals surface area contributed by atoms with Crippen LogP contribution in [0.5, 0.6) is 0 Å². The molecule has 0 spiro atoms. The van der Waals surface area contributed by atoms with Crippen LogP contribution in [0.1, 0.15) is 30.1 Å². The van der Waals surface area contributed by atoms with Crippen molar-refractivity contribution in [1.29, 1.82) is 0 Å². The summed E-state index contributed by atoms with van der Waals surface area (Å²) in [7, 11) is 0. The molecule has 0 aliphatic carbocycles. The van der Waals surface area contributed by atoms with Crippen LogP contribution in [0.4, 0.5) is 26.3 Å². The number of rotatable bonds is 8. The minimum absolute atomic E-state index is 0.174. The van der Waals surface area contributed by atoms with Crippen LogP contribution >= 0.6 is 0 Å². The molecule has 0 bridgehead atoms. The predicted molar refractivity (Wildman–Crippen MR) is 124 cm³/mol. The summed E-state index contributed by atoms with van der Waals surface area (Å²) < 4.78 is 91.7. The second kappa shape index (κ2) is 12.4. The quantitative estimate of drug-likeness (QED) is 0.177. The van der Waals surface area contributed by atoms with E-state index in [1.807, 2.05) is 0 Å². The number of benzene rings is 1. The first-order valence-corrected chi connectivity index (χ1v) is 12.6. The van der Waals surface area contributed by atoms with Gasteiger partial charge in [-0.25, -0.2) is 18.0 Å². The molecule has 2 aromatic rings. The third-order valence-electron chi connectivity index (χ3n) is 6.94. The van der Waals surface area contributed by atoms with Gasteiger partial charge in [-0.3, -0.25) is 9.59 Å². The highest BCUT2D eigenvalue weighted by Crippen LogP contribution is 2.30. The van der Waals surface area contributed by atoms with Crippen molar-refractivity contribution in [2.24, 2.45) is 5.92 Å². The first-order chi connectivity index (χ1) is 20.1. The van der Waals surface area contributed by atoms with E-state index in [4.69, 9.17) is 14.6 Å². The lowest BCUT2D eigenvalue weighted by molar-refractivity contribution is -0.286. The number of esters is 1. The molecule has 19 heteroatoms. The van der Waals surface area contributed by atoms with Gasteiger partial charge < -0.3 is 39.4 Å². The number of aliphatic hydroxyl groups excluding tert-OH is 3. The molecule has 0 saturated carbocycles. The largest absolute Gasteiger partial charge is 0.479 e. The summed E-state index contributed by atoms with van der Waals surface area (Å²) in [5.74, 6) is -10.5. The minimum Gasteiger partial charge on any atom is -0.479 e. The molecule has 13 nitrogen and oxygen atoms in total. The van der Waals surface area contributed by atoms with Gasteiger partial charge in [-0.15, -0.1) is 10.2 Å². The van der Waals surface area contributed by atoms with Crippen molar-refractivity contribution < 1.29 is 70.6 Å². The number of nitrogens with zero attached hydrogens (tertiary/aromatic N) is 4. The second-order valence-electron chi connectivity index (χ2n) is 9.97. The van der Waals surface area contributed by atoms with E-state index in [2.05, 4.69) is 10.2 Å². The molecule has 6 atom stereocenters. The number of aromatic nitrogens is 3. The van der Waals surface area contributed by atoms with E-state index in [1.54, 1.807) is 0 Å². The maximum absolute atomic E-state index is 14.4. The average Bonchev–Trinajstić information content (AvgIpc) is 3.36. The number of hydrogen-bond donors (Lipinski definition) is 4. The van der Waals surface area contributed by atoms with Crippen molar-refractivity contribution in [3.05, 3.63) is 46.8 Å². The normalized spacial score (nSPS) is 24.8. The standard InChI is InChI=1S/C24H24F6N4O9/c25-11-7-13(27)12(26)6-10(11)3-9(5-16(36)42-22-19(39)17(37)18(38)20(43-22)21(40)41)4-15(35)33-1-2-34-14(8-33)31-32-23(34)24(28,29)30/h6-7,9,17-20,22,37-39H,1-5,8H2,(H,40,41)/t9-,17+,18+,19-,20+,22-/m1/s1. The molecular weight excluding hydrogens is 602 g/mol. The summed E-state index contributed by atoms with van der Waals surface area (Å²) >= 11 is 0. The monoisotopic (exact) mass is 626 g/mol. The van der Waals surface area contributed by atoms with Gasteiger partial charge in [0.25, 0.3) is 0 Å². The number of hydrogen-bond acceptors (Lipinski definition) is 10. The summed E-state index contributed by atoms with van der Waals surface area (Å²) in [5.41, 5.74) is -0.434. The fourth-order valence-electron chi connectivity index (χ4n) is 4.77. The predicted octanol–water partition coefficient (Wildman–Crippen LogP) is 0.131. The van der Waals surface area contributed by atoms with E-state index >= 15 is 0 Å². The van der Waals surface area contributed by atoms with Crippen molar-refractivity contribution in [2.75, 3.05) is 6.54 Å². The molecule has 4 rings (SSSR count). The van der Waals surface area contributed by atoms with E-state index in [-0.39, 0.29) is 25.0 Å². The van der Waals surface area contributed by atoms with Gasteiger partial charge in [-0.1, -0.05) is 0 Å². The fourth-order valence-corrected chi connectivity index (χ4v) is 4.77. The molecule has 2 aliphatic heterocycles. The number of fused-ring (bicyclic) bond motifs is 1. The van der Waals surface area contributed by atoms with Crippen molar-refractivity contribution in [2.45, 2.75) is 69.2 Å². The van der Waals surface area contributed by atoms with Gasteiger partial charge in [0.1, 0.15) is 24.1 Å². The number of halogens is 6. The van der Waals surface area contributed by atoms with Crippen LogP contribution in [-0.4, -0.2) is 95.2 Å². The Hall–Kier alpha value is -3.81. The molecule has 0 radical (unpaired) electrons. The summed E-state index contributed by atoms with van der Waals surface area (Å²) in [6.45, 7) is -0.927. The van der Waals surface area contributed by atoms with E-state index in [1.165, 1.54) is 0 Å². The van der Waals surface area contributed by atoms with Crippen molar-refractivity contribution in [3.63, 3.8) is 0 Å². The highest BCUT2D eigenvalue weighted by molar-refractivity contribution is 5.78. The molecule has 1 aromatic heterocycles. The summed E-state index contributed by atoms with van der Waals surface area (Å²) in [6.07, 6.45) is -17.1. The lowest BCUT2D eigenvalue weighted by atomic mass is 9.92. The number of carbonyl (C=O) groups excluding carboxylic acids is 2. The number of carboxylic acid groups (broad SMARTS) is 1. The summed E-state index contributed by atoms with van der Waals surface area (Å²) in [5, 5.41) is 45.5. The molecule has 1 aromatic carbocycles. The van der Waals surface area contributed by atoms with Crippen molar-refractivity contribution in [1.82, 2.24) is 19.7 Å². The van der Waals surface area contributed by atoms with E-state index < -0.39 is 115 Å². The Morgan fingerprint density at radius 1 is 0.977 bits per heavy atom. The Labute approximate surface area is 237 Å². The fraction of sp³-hybridized carbons (Fsp3) is 0.542. The van der Waals surface area contributed by atoms with Crippen LogP contribution in [0.3, 0.4) is 0 Å². The van der Waals surface area contributed by atoms with Crippen LogP contribution in [0.25, 0.3) is 0 Å². The Morgan fingerprint density at radius 2 is 1.65 bits per heavy atom. The number of aliphatic carboxylic acids is 1. The number of amides is 1. The number of carbonyl (C=O) groups is 3. The summed E-state index contributed by atoms with van der Waals surface area (Å²) in [6, 6.07) is 0.765. The molecule has 1 fully saturated rings. The third-order valence-corrected chi connectivity index (χ3v) is 6.94. The average molecular weight is 626 g/mol. The van der Waals surface area contributed by atoms with E-state index in [0.717, 1.165) is 9.47 Å². The highest BCUT2D eigenvalue weighted by Gasteiger charge is 2.48. The number of carboxylic acids is 1. The number of aliphatic hydroxyl groups is 3. The third kappa shape index (κ3) is 7.06. The molecule has 1 amide bonds. The lowest BCUT2D eigenvalue weighted by Gasteiger charge is -2.38. The topological polar surface area (TPSA) is 185 Å². The first-order valence-electron chi connectivity index (χ1n) is 12.6. The van der Waals surface area contributed by atoms with Crippen LogP contribution in [0.2, 0.25) is 0 Å². The SMILES string of the molecule is O=C(C[C@@H](CC(=O)N1CCn2c(nnc2C(F)(F)F)C1)Cc1cc(F)c(F)cc1F)O[C@@H]1O[C@H](C(=O)O)[C@@H](O)[C@H](O)[C@H]1O. The van der Waals surface area contributed by atoms with E-state index in [0.29, 0.717) is 6.07 Å². The van der Waals surface area contributed by atoms with Gasteiger partial charge in [0.2, 0.25) is 18.0 Å². The smallest absolute Gasteiger partial charge is 0.451 e.